The van der Waals surface area contributed by atoms with Gasteiger partial charge in [-0.05, 0) is 12.1 Å². The Morgan fingerprint density at radius 3 is 2.33 bits per heavy atom. The molecule has 0 unspecified atom stereocenters. The molecule has 0 saturated heterocycles. The second kappa shape index (κ2) is 5.06. The van der Waals surface area contributed by atoms with E-state index in [1.165, 1.54) is 0 Å². The number of benzene rings is 2. The van der Waals surface area contributed by atoms with Gasteiger partial charge in [0.05, 0.1) is 0 Å². The minimum atomic E-state index is -0.457. The number of anilines is 1. The van der Waals surface area contributed by atoms with E-state index in [1.54, 1.807) is 54.6 Å². The largest absolute Gasteiger partial charge is 0.351 e. The Morgan fingerprint density at radius 2 is 1.67 bits per heavy atom. The molecule has 1 heterocycles. The molecule has 1 N–H and O–H groups in total. The van der Waals surface area contributed by atoms with Crippen LogP contribution in [0, 0.1) is 11.3 Å². The highest BCUT2D eigenvalue weighted by Crippen LogP contribution is 2.29. The van der Waals surface area contributed by atoms with E-state index in [9.17, 15) is 14.9 Å². The molecule has 0 atom stereocenters. The number of hydrogen-bond donors (Lipinski definition) is 1. The van der Waals surface area contributed by atoms with Gasteiger partial charge in [-0.25, -0.2) is 0 Å². The van der Waals surface area contributed by atoms with Crippen molar-refractivity contribution in [1.29, 1.82) is 5.26 Å². The Kier molecular flexibility index (Phi) is 3.09. The summed E-state index contributed by atoms with van der Waals surface area (Å²) in [6, 6.07) is 17.2. The molecule has 0 radical (unpaired) electrons. The minimum absolute atomic E-state index is 0.0487. The monoisotopic (exact) mass is 274 g/mol. The summed E-state index contributed by atoms with van der Waals surface area (Å²) in [4.78, 5) is 24.7. The zero-order valence-electron chi connectivity index (χ0n) is 11.0. The number of nitriles is 1. The summed E-state index contributed by atoms with van der Waals surface area (Å²) in [5.74, 6) is -0.784. The first-order chi connectivity index (χ1) is 10.2. The molecule has 1 aliphatic heterocycles. The van der Waals surface area contributed by atoms with E-state index < -0.39 is 5.78 Å². The highest BCUT2D eigenvalue weighted by Gasteiger charge is 2.30. The molecule has 21 heavy (non-hydrogen) atoms. The molecule has 0 spiro atoms. The fraction of sp³-hybridized carbons (Fsp3) is 0. The lowest BCUT2D eigenvalue weighted by molar-refractivity contribution is 0.101. The van der Waals surface area contributed by atoms with Crippen molar-refractivity contribution in [3.63, 3.8) is 0 Å². The third kappa shape index (κ3) is 2.11. The van der Waals surface area contributed by atoms with Crippen LogP contribution in [0.25, 0.3) is 0 Å². The van der Waals surface area contributed by atoms with Crippen molar-refractivity contribution in [3.8, 4) is 6.07 Å². The average molecular weight is 274 g/mol. The number of para-hydroxylation sites is 1. The first-order valence-corrected chi connectivity index (χ1v) is 6.37. The highest BCUT2D eigenvalue weighted by molar-refractivity contribution is 6.25. The van der Waals surface area contributed by atoms with Gasteiger partial charge in [-0.3, -0.25) is 9.59 Å². The number of fused-ring (bicyclic) bond motifs is 1. The molecule has 2 aromatic rings. The zero-order valence-corrected chi connectivity index (χ0v) is 11.0. The zero-order chi connectivity index (χ0) is 14.8. The van der Waals surface area contributed by atoms with Crippen molar-refractivity contribution >= 4 is 17.3 Å². The van der Waals surface area contributed by atoms with Gasteiger partial charge >= 0.3 is 0 Å². The van der Waals surface area contributed by atoms with Crippen molar-refractivity contribution in [1.82, 2.24) is 0 Å². The Hall–Kier alpha value is -3.19. The number of rotatable bonds is 2. The molecule has 0 amide bonds. The topological polar surface area (TPSA) is 70.0 Å². The van der Waals surface area contributed by atoms with Gasteiger partial charge in [-0.1, -0.05) is 42.5 Å². The summed E-state index contributed by atoms with van der Waals surface area (Å²) in [5, 5.41) is 12.2. The summed E-state index contributed by atoms with van der Waals surface area (Å²) >= 11 is 0. The molecule has 3 rings (SSSR count). The minimum Gasteiger partial charge on any atom is -0.351 e. The first kappa shape index (κ1) is 12.8. The number of allylic oxidation sites excluding steroid dienone is 2. The van der Waals surface area contributed by atoms with E-state index >= 15 is 0 Å². The lowest BCUT2D eigenvalue weighted by atomic mass is 10.0. The third-order valence-electron chi connectivity index (χ3n) is 3.28. The molecular formula is C17H10N2O2. The van der Waals surface area contributed by atoms with Gasteiger partial charge in [0.2, 0.25) is 11.6 Å². The standard InChI is InChI=1S/C17H10N2O2/c18-10-13(16(20)11-6-2-1-3-7-11)15-17(21)12-8-4-5-9-14(12)19-15/h1-9,19H/b15-13-. The van der Waals surface area contributed by atoms with Crippen LogP contribution in [0.3, 0.4) is 0 Å². The first-order valence-electron chi connectivity index (χ1n) is 6.37. The van der Waals surface area contributed by atoms with Crippen LogP contribution >= 0.6 is 0 Å². The van der Waals surface area contributed by atoms with Gasteiger partial charge in [-0.15, -0.1) is 0 Å². The number of Topliss-reactive ketones (excluding diaryl/α,β-unsaturated/α-hetero) is 2. The summed E-state index contributed by atoms with van der Waals surface area (Å²) < 4.78 is 0. The molecule has 0 aromatic heterocycles. The van der Waals surface area contributed by atoms with Crippen LogP contribution in [-0.4, -0.2) is 11.6 Å². The molecule has 2 aromatic carbocycles. The molecule has 4 nitrogen and oxygen atoms in total. The summed E-state index contributed by atoms with van der Waals surface area (Å²) in [7, 11) is 0. The van der Waals surface area contributed by atoms with Crippen molar-refractivity contribution < 1.29 is 9.59 Å². The van der Waals surface area contributed by atoms with E-state index in [4.69, 9.17) is 0 Å². The maximum Gasteiger partial charge on any atom is 0.212 e. The second-order valence-electron chi connectivity index (χ2n) is 4.56. The molecular weight excluding hydrogens is 264 g/mol. The predicted octanol–water partition coefficient (Wildman–Crippen LogP) is 2.96. The summed E-state index contributed by atoms with van der Waals surface area (Å²) in [5.41, 5.74) is 1.36. The quantitative estimate of drug-likeness (QED) is 0.519. The molecule has 0 bridgehead atoms. The second-order valence-corrected chi connectivity index (χ2v) is 4.56. The smallest absolute Gasteiger partial charge is 0.212 e. The van der Waals surface area contributed by atoms with Crippen LogP contribution in [-0.2, 0) is 0 Å². The molecule has 0 saturated carbocycles. The van der Waals surface area contributed by atoms with Gasteiger partial charge in [0, 0.05) is 16.8 Å². The van der Waals surface area contributed by atoms with Crippen LogP contribution < -0.4 is 5.32 Å². The van der Waals surface area contributed by atoms with Crippen molar-refractivity contribution in [3.05, 3.63) is 77.0 Å². The lowest BCUT2D eigenvalue weighted by Gasteiger charge is -2.03. The van der Waals surface area contributed by atoms with Crippen LogP contribution in [0.4, 0.5) is 5.69 Å². The van der Waals surface area contributed by atoms with Crippen LogP contribution in [0.2, 0.25) is 0 Å². The van der Waals surface area contributed by atoms with E-state index in [0.717, 1.165) is 0 Å². The van der Waals surface area contributed by atoms with E-state index in [0.29, 0.717) is 16.8 Å². The van der Waals surface area contributed by atoms with Crippen molar-refractivity contribution in [2.45, 2.75) is 0 Å². The molecule has 4 heteroatoms. The SMILES string of the molecule is N#C/C(C(=O)c1ccccc1)=C1/Nc2ccccc2C1=O. The fourth-order valence-electron chi connectivity index (χ4n) is 2.25. The van der Waals surface area contributed by atoms with Gasteiger partial charge in [-0.2, -0.15) is 5.26 Å². The number of hydrogen-bond acceptors (Lipinski definition) is 4. The van der Waals surface area contributed by atoms with Gasteiger partial charge in [0.1, 0.15) is 17.3 Å². The molecule has 100 valence electrons. The molecule has 0 fully saturated rings. The summed E-state index contributed by atoms with van der Waals surface area (Å²) in [6.07, 6.45) is 0. The Morgan fingerprint density at radius 1 is 1.00 bits per heavy atom. The van der Waals surface area contributed by atoms with Crippen LogP contribution in [0.15, 0.2) is 65.9 Å². The van der Waals surface area contributed by atoms with Crippen LogP contribution in [0.1, 0.15) is 20.7 Å². The Balaban J connectivity index is 2.08. The molecule has 0 aliphatic carbocycles. The Labute approximate surface area is 121 Å². The number of ketones is 2. The van der Waals surface area contributed by atoms with Gasteiger partial charge in [0.25, 0.3) is 0 Å². The lowest BCUT2D eigenvalue weighted by Crippen LogP contribution is -2.12. The number of carbonyl (C=O) groups excluding carboxylic acids is 2. The third-order valence-corrected chi connectivity index (χ3v) is 3.28. The van der Waals surface area contributed by atoms with Crippen molar-refractivity contribution in [2.24, 2.45) is 0 Å². The maximum absolute atomic E-state index is 12.4. The number of nitrogens with one attached hydrogen (secondary N) is 1. The number of carbonyl (C=O) groups is 2. The predicted molar refractivity (Wildman–Crippen MR) is 77.8 cm³/mol. The Bertz CT molecular complexity index is 814. The number of nitrogens with zero attached hydrogens (tertiary/aromatic N) is 1. The van der Waals surface area contributed by atoms with E-state index in [-0.39, 0.29) is 17.1 Å². The molecule has 1 aliphatic rings. The van der Waals surface area contributed by atoms with Crippen LogP contribution in [0.5, 0.6) is 0 Å². The average Bonchev–Trinajstić information content (AvgIpc) is 2.86. The van der Waals surface area contributed by atoms with E-state index in [1.807, 2.05) is 6.07 Å². The highest BCUT2D eigenvalue weighted by atomic mass is 16.1. The maximum atomic E-state index is 12.4. The van der Waals surface area contributed by atoms with Gasteiger partial charge < -0.3 is 5.32 Å². The summed E-state index contributed by atoms with van der Waals surface area (Å²) in [6.45, 7) is 0. The van der Waals surface area contributed by atoms with Crippen molar-refractivity contribution in [2.75, 3.05) is 5.32 Å². The normalized spacial score (nSPS) is 14.9. The fourth-order valence-corrected chi connectivity index (χ4v) is 2.25. The van der Waals surface area contributed by atoms with E-state index in [2.05, 4.69) is 5.32 Å². The van der Waals surface area contributed by atoms with Gasteiger partial charge in [0.15, 0.2) is 0 Å².